The van der Waals surface area contributed by atoms with E-state index in [4.69, 9.17) is 5.11 Å². The first-order valence-electron chi connectivity index (χ1n) is 6.92. The summed E-state index contributed by atoms with van der Waals surface area (Å²) in [5.41, 5.74) is -0.990. The van der Waals surface area contributed by atoms with Crippen LogP contribution in [0.1, 0.15) is 33.1 Å². The summed E-state index contributed by atoms with van der Waals surface area (Å²) in [5, 5.41) is 14.0. The van der Waals surface area contributed by atoms with Gasteiger partial charge in [-0.25, -0.2) is 4.79 Å². The highest BCUT2D eigenvalue weighted by atomic mass is 16.4. The zero-order valence-corrected chi connectivity index (χ0v) is 12.1. The molecule has 0 radical (unpaired) electrons. The molecule has 1 unspecified atom stereocenters. The predicted octanol–water partition coefficient (Wildman–Crippen LogP) is 0.409. The van der Waals surface area contributed by atoms with E-state index in [0.29, 0.717) is 6.42 Å². The van der Waals surface area contributed by atoms with Gasteiger partial charge in [0.2, 0.25) is 5.91 Å². The normalized spacial score (nSPS) is 17.4. The molecule has 1 atom stereocenters. The van der Waals surface area contributed by atoms with Gasteiger partial charge in [-0.1, -0.05) is 6.92 Å². The van der Waals surface area contributed by atoms with Crippen LogP contribution in [0, 0.1) is 5.41 Å². The number of likely N-dealkylation sites (tertiary alicyclic amines) is 1. The van der Waals surface area contributed by atoms with Crippen LogP contribution in [-0.4, -0.2) is 54.1 Å². The number of hydrogen-bond donors (Lipinski definition) is 3. The third kappa shape index (κ3) is 4.40. The fourth-order valence-corrected chi connectivity index (χ4v) is 1.92. The lowest BCUT2D eigenvalue weighted by Gasteiger charge is -2.23. The van der Waals surface area contributed by atoms with Gasteiger partial charge in [0.05, 0.1) is 12.0 Å². The predicted molar refractivity (Wildman–Crippen MR) is 73.2 cm³/mol. The van der Waals surface area contributed by atoms with Crippen molar-refractivity contribution in [1.82, 2.24) is 15.5 Å². The number of carbonyl (C=O) groups is 3. The topological polar surface area (TPSA) is 98.7 Å². The molecule has 0 bridgehead atoms. The fraction of sp³-hybridized carbons (Fsp3) is 0.769. The van der Waals surface area contributed by atoms with Crippen LogP contribution in [0.3, 0.4) is 0 Å². The number of carboxylic acids is 1. The highest BCUT2D eigenvalue weighted by molar-refractivity contribution is 5.84. The van der Waals surface area contributed by atoms with Gasteiger partial charge in [-0.05, 0) is 26.2 Å². The Hall–Kier alpha value is -1.79. The quantitative estimate of drug-likeness (QED) is 0.658. The number of carboxylic acid groups (broad SMARTS) is 1. The van der Waals surface area contributed by atoms with Crippen LogP contribution in [0.5, 0.6) is 0 Å². The monoisotopic (exact) mass is 285 g/mol. The molecule has 1 fully saturated rings. The summed E-state index contributed by atoms with van der Waals surface area (Å²) in [7, 11) is 0. The minimum atomic E-state index is -0.990. The van der Waals surface area contributed by atoms with Gasteiger partial charge >= 0.3 is 12.0 Å². The minimum Gasteiger partial charge on any atom is -0.481 e. The van der Waals surface area contributed by atoms with E-state index in [9.17, 15) is 14.4 Å². The third-order valence-electron chi connectivity index (χ3n) is 3.79. The molecule has 20 heavy (non-hydrogen) atoms. The number of amides is 3. The Morgan fingerprint density at radius 2 is 1.80 bits per heavy atom. The maximum absolute atomic E-state index is 11.7. The Labute approximate surface area is 118 Å². The lowest BCUT2D eigenvalue weighted by Crippen LogP contribution is -2.47. The van der Waals surface area contributed by atoms with Crippen molar-refractivity contribution in [3.63, 3.8) is 0 Å². The van der Waals surface area contributed by atoms with Crippen molar-refractivity contribution in [2.24, 2.45) is 5.41 Å². The molecule has 0 aromatic rings. The standard InChI is InChI=1S/C13H23N3O4/c1-3-13(2,11(18)19)9-15-12(20)14-8-10(17)16-6-4-5-7-16/h3-9H2,1-2H3,(H,18,19)(H2,14,15,20). The first kappa shape index (κ1) is 16.3. The van der Waals surface area contributed by atoms with Crippen molar-refractivity contribution in [2.45, 2.75) is 33.1 Å². The maximum atomic E-state index is 11.7. The number of nitrogens with one attached hydrogen (secondary N) is 2. The number of urea groups is 1. The van der Waals surface area contributed by atoms with Crippen LogP contribution in [-0.2, 0) is 9.59 Å². The average Bonchev–Trinajstić information content (AvgIpc) is 2.95. The number of hydrogen-bond acceptors (Lipinski definition) is 3. The Bertz CT molecular complexity index is 380. The van der Waals surface area contributed by atoms with Gasteiger partial charge < -0.3 is 20.6 Å². The lowest BCUT2D eigenvalue weighted by molar-refractivity contribution is -0.147. The Kier molecular flexibility index (Phi) is 5.79. The van der Waals surface area contributed by atoms with E-state index in [-0.39, 0.29) is 19.0 Å². The Morgan fingerprint density at radius 1 is 1.20 bits per heavy atom. The second-order valence-electron chi connectivity index (χ2n) is 5.34. The van der Waals surface area contributed by atoms with Crippen molar-refractivity contribution in [3.05, 3.63) is 0 Å². The number of nitrogens with zero attached hydrogens (tertiary/aromatic N) is 1. The lowest BCUT2D eigenvalue weighted by atomic mass is 9.88. The molecule has 0 aliphatic carbocycles. The van der Waals surface area contributed by atoms with Crippen molar-refractivity contribution < 1.29 is 19.5 Å². The molecule has 1 aliphatic rings. The number of aliphatic carboxylic acids is 1. The molecule has 0 spiro atoms. The van der Waals surface area contributed by atoms with E-state index in [2.05, 4.69) is 10.6 Å². The van der Waals surface area contributed by atoms with E-state index < -0.39 is 17.4 Å². The highest BCUT2D eigenvalue weighted by Gasteiger charge is 2.31. The second kappa shape index (κ2) is 7.12. The first-order chi connectivity index (χ1) is 9.39. The highest BCUT2D eigenvalue weighted by Crippen LogP contribution is 2.19. The zero-order valence-electron chi connectivity index (χ0n) is 12.1. The summed E-state index contributed by atoms with van der Waals surface area (Å²) < 4.78 is 0. The molecule has 114 valence electrons. The van der Waals surface area contributed by atoms with E-state index in [1.54, 1.807) is 18.7 Å². The van der Waals surface area contributed by atoms with Gasteiger partial charge in [0.1, 0.15) is 0 Å². The second-order valence-corrected chi connectivity index (χ2v) is 5.34. The van der Waals surface area contributed by atoms with E-state index in [1.807, 2.05) is 0 Å². The van der Waals surface area contributed by atoms with Gasteiger partial charge in [-0.15, -0.1) is 0 Å². The summed E-state index contributed by atoms with van der Waals surface area (Å²) in [4.78, 5) is 36.1. The maximum Gasteiger partial charge on any atom is 0.315 e. The SMILES string of the molecule is CCC(C)(CNC(=O)NCC(=O)N1CCCC1)C(=O)O. The van der Waals surface area contributed by atoms with Crippen molar-refractivity contribution in [3.8, 4) is 0 Å². The minimum absolute atomic E-state index is 0.0303. The summed E-state index contributed by atoms with van der Waals surface area (Å²) in [6.45, 7) is 4.80. The Morgan fingerprint density at radius 3 is 2.30 bits per heavy atom. The third-order valence-corrected chi connectivity index (χ3v) is 3.79. The zero-order chi connectivity index (χ0) is 15.2. The fourth-order valence-electron chi connectivity index (χ4n) is 1.92. The van der Waals surface area contributed by atoms with Crippen LogP contribution in [0.4, 0.5) is 4.79 Å². The van der Waals surface area contributed by atoms with Crippen molar-refractivity contribution in [2.75, 3.05) is 26.2 Å². The van der Waals surface area contributed by atoms with Gasteiger partial charge in [-0.2, -0.15) is 0 Å². The van der Waals surface area contributed by atoms with Crippen molar-refractivity contribution >= 4 is 17.9 Å². The molecule has 1 heterocycles. The van der Waals surface area contributed by atoms with Crippen LogP contribution in [0.15, 0.2) is 0 Å². The van der Waals surface area contributed by atoms with E-state index >= 15 is 0 Å². The van der Waals surface area contributed by atoms with Crippen LogP contribution in [0.25, 0.3) is 0 Å². The summed E-state index contributed by atoms with van der Waals surface area (Å²) in [6.07, 6.45) is 2.42. The molecule has 1 rings (SSSR count). The van der Waals surface area contributed by atoms with E-state index in [0.717, 1.165) is 25.9 Å². The number of rotatable bonds is 6. The number of carbonyl (C=O) groups excluding carboxylic acids is 2. The molecular weight excluding hydrogens is 262 g/mol. The molecule has 7 heteroatoms. The van der Waals surface area contributed by atoms with Gasteiger partial charge in [0.15, 0.2) is 0 Å². The molecule has 1 saturated heterocycles. The Balaban J connectivity index is 2.29. The van der Waals surface area contributed by atoms with Crippen molar-refractivity contribution in [1.29, 1.82) is 0 Å². The average molecular weight is 285 g/mol. The largest absolute Gasteiger partial charge is 0.481 e. The molecule has 7 nitrogen and oxygen atoms in total. The summed E-state index contributed by atoms with van der Waals surface area (Å²) >= 11 is 0. The molecule has 1 aliphatic heterocycles. The van der Waals surface area contributed by atoms with Gasteiger partial charge in [-0.3, -0.25) is 9.59 Å². The molecule has 0 aromatic carbocycles. The van der Waals surface area contributed by atoms with Crippen LogP contribution in [0.2, 0.25) is 0 Å². The smallest absolute Gasteiger partial charge is 0.315 e. The van der Waals surface area contributed by atoms with Crippen LogP contribution >= 0.6 is 0 Å². The first-order valence-corrected chi connectivity index (χ1v) is 6.92. The summed E-state index contributed by atoms with van der Waals surface area (Å²) in [6, 6.07) is -0.515. The van der Waals surface area contributed by atoms with Gasteiger partial charge in [0, 0.05) is 19.6 Å². The van der Waals surface area contributed by atoms with E-state index in [1.165, 1.54) is 0 Å². The summed E-state index contributed by atoms with van der Waals surface area (Å²) in [5.74, 6) is -1.05. The molecule has 0 saturated carbocycles. The van der Waals surface area contributed by atoms with Crippen LogP contribution < -0.4 is 10.6 Å². The molecule has 3 N–H and O–H groups in total. The molecular formula is C13H23N3O4. The van der Waals surface area contributed by atoms with Gasteiger partial charge in [0.25, 0.3) is 0 Å². The molecule has 3 amide bonds. The molecule has 0 aromatic heterocycles.